The molecule has 0 saturated carbocycles. The lowest BCUT2D eigenvalue weighted by molar-refractivity contribution is 0.166. The average molecular weight is 272 g/mol. The van der Waals surface area contributed by atoms with Gasteiger partial charge >= 0.3 is 0 Å². The molecule has 84 valence electrons. The average Bonchev–Trinajstić information content (AvgIpc) is 2.26. The molecule has 0 saturated heterocycles. The van der Waals surface area contributed by atoms with Gasteiger partial charge in [0.15, 0.2) is 0 Å². The molecule has 1 N–H and O–H groups in total. The second-order valence-corrected chi connectivity index (χ2v) is 4.43. The summed E-state index contributed by atoms with van der Waals surface area (Å²) >= 11 is 3.56. The van der Waals surface area contributed by atoms with Gasteiger partial charge in [-0.3, -0.25) is 0 Å². The molecule has 0 amide bonds. The molecule has 0 aliphatic rings. The molecule has 0 bridgehead atoms. The van der Waals surface area contributed by atoms with Crippen LogP contribution in [0.1, 0.15) is 12.0 Å². The SMILES string of the molecule is CNC(CCc1ccccc1Br)COC. The molecule has 0 aliphatic heterocycles. The first kappa shape index (κ1) is 12.7. The Morgan fingerprint density at radius 1 is 1.40 bits per heavy atom. The van der Waals surface area contributed by atoms with Crippen LogP contribution in [-0.4, -0.2) is 26.8 Å². The van der Waals surface area contributed by atoms with E-state index in [2.05, 4.69) is 39.4 Å². The number of hydrogen-bond donors (Lipinski definition) is 1. The van der Waals surface area contributed by atoms with E-state index in [1.165, 1.54) is 10.0 Å². The lowest BCUT2D eigenvalue weighted by atomic mass is 10.1. The summed E-state index contributed by atoms with van der Waals surface area (Å²) in [4.78, 5) is 0. The highest BCUT2D eigenvalue weighted by Gasteiger charge is 2.06. The Bertz CT molecular complexity index is 291. The molecule has 1 aromatic rings. The van der Waals surface area contributed by atoms with Crippen molar-refractivity contribution in [3.05, 3.63) is 34.3 Å². The van der Waals surface area contributed by atoms with E-state index in [1.807, 2.05) is 13.1 Å². The predicted octanol–water partition coefficient (Wildman–Crippen LogP) is 2.62. The van der Waals surface area contributed by atoms with Crippen molar-refractivity contribution in [2.45, 2.75) is 18.9 Å². The van der Waals surface area contributed by atoms with Crippen LogP contribution in [0.5, 0.6) is 0 Å². The highest BCUT2D eigenvalue weighted by molar-refractivity contribution is 9.10. The number of likely N-dealkylation sites (N-methyl/N-ethyl adjacent to an activating group) is 1. The van der Waals surface area contributed by atoms with Crippen molar-refractivity contribution in [2.24, 2.45) is 0 Å². The van der Waals surface area contributed by atoms with Gasteiger partial charge in [0.1, 0.15) is 0 Å². The van der Waals surface area contributed by atoms with Crippen molar-refractivity contribution >= 4 is 15.9 Å². The monoisotopic (exact) mass is 271 g/mol. The summed E-state index contributed by atoms with van der Waals surface area (Å²) in [6.45, 7) is 0.765. The number of ether oxygens (including phenoxy) is 1. The summed E-state index contributed by atoms with van der Waals surface area (Å²) in [5, 5.41) is 3.25. The van der Waals surface area contributed by atoms with E-state index < -0.39 is 0 Å². The van der Waals surface area contributed by atoms with Crippen LogP contribution in [0.15, 0.2) is 28.7 Å². The minimum absolute atomic E-state index is 0.433. The van der Waals surface area contributed by atoms with Gasteiger partial charge in [-0.15, -0.1) is 0 Å². The number of aryl methyl sites for hydroxylation is 1. The third-order valence-electron chi connectivity index (χ3n) is 2.50. The lowest BCUT2D eigenvalue weighted by Crippen LogP contribution is -2.30. The summed E-state index contributed by atoms with van der Waals surface area (Å²) in [5.74, 6) is 0. The molecule has 0 aliphatic carbocycles. The number of rotatable bonds is 6. The summed E-state index contributed by atoms with van der Waals surface area (Å²) in [5.41, 5.74) is 1.36. The molecular weight excluding hydrogens is 254 g/mol. The van der Waals surface area contributed by atoms with Crippen LogP contribution in [0, 0.1) is 0 Å². The topological polar surface area (TPSA) is 21.3 Å². The van der Waals surface area contributed by atoms with Crippen LogP contribution in [0.4, 0.5) is 0 Å². The zero-order valence-corrected chi connectivity index (χ0v) is 10.9. The number of benzene rings is 1. The second-order valence-electron chi connectivity index (χ2n) is 3.57. The Balaban J connectivity index is 2.45. The molecule has 1 rings (SSSR count). The number of hydrogen-bond acceptors (Lipinski definition) is 2. The molecule has 2 nitrogen and oxygen atoms in total. The third-order valence-corrected chi connectivity index (χ3v) is 3.27. The van der Waals surface area contributed by atoms with Gasteiger partial charge < -0.3 is 10.1 Å². The minimum atomic E-state index is 0.433. The van der Waals surface area contributed by atoms with Crippen molar-refractivity contribution in [2.75, 3.05) is 20.8 Å². The van der Waals surface area contributed by atoms with Gasteiger partial charge in [0.2, 0.25) is 0 Å². The molecule has 0 radical (unpaired) electrons. The van der Waals surface area contributed by atoms with Crippen molar-refractivity contribution in [3.63, 3.8) is 0 Å². The standard InChI is InChI=1S/C12H18BrNO/c1-14-11(9-15-2)8-7-10-5-3-4-6-12(10)13/h3-6,11,14H,7-9H2,1-2H3. The quantitative estimate of drug-likeness (QED) is 0.859. The van der Waals surface area contributed by atoms with E-state index >= 15 is 0 Å². The molecule has 0 spiro atoms. The van der Waals surface area contributed by atoms with Crippen LogP contribution in [0.25, 0.3) is 0 Å². The maximum Gasteiger partial charge on any atom is 0.0615 e. The third kappa shape index (κ3) is 4.33. The second kappa shape index (κ2) is 6.99. The van der Waals surface area contributed by atoms with Crippen molar-refractivity contribution in [1.82, 2.24) is 5.32 Å². The van der Waals surface area contributed by atoms with Crippen molar-refractivity contribution in [1.29, 1.82) is 0 Å². The maximum absolute atomic E-state index is 5.14. The van der Waals surface area contributed by atoms with Gasteiger partial charge in [-0.25, -0.2) is 0 Å². The van der Waals surface area contributed by atoms with E-state index in [1.54, 1.807) is 7.11 Å². The van der Waals surface area contributed by atoms with Crippen LogP contribution in [-0.2, 0) is 11.2 Å². The van der Waals surface area contributed by atoms with E-state index in [4.69, 9.17) is 4.74 Å². The Kier molecular flexibility index (Phi) is 5.91. The highest BCUT2D eigenvalue weighted by atomic mass is 79.9. The van der Waals surface area contributed by atoms with Crippen LogP contribution >= 0.6 is 15.9 Å². The molecule has 0 fully saturated rings. The fourth-order valence-electron chi connectivity index (χ4n) is 1.54. The molecule has 0 aromatic heterocycles. The zero-order chi connectivity index (χ0) is 11.1. The zero-order valence-electron chi connectivity index (χ0n) is 9.29. The van der Waals surface area contributed by atoms with E-state index in [0.717, 1.165) is 19.4 Å². The van der Waals surface area contributed by atoms with E-state index in [-0.39, 0.29) is 0 Å². The molecular formula is C12H18BrNO. The van der Waals surface area contributed by atoms with Crippen molar-refractivity contribution < 1.29 is 4.74 Å². The fraction of sp³-hybridized carbons (Fsp3) is 0.500. The first-order valence-corrected chi connectivity index (χ1v) is 5.96. The highest BCUT2D eigenvalue weighted by Crippen LogP contribution is 2.17. The van der Waals surface area contributed by atoms with E-state index in [0.29, 0.717) is 6.04 Å². The van der Waals surface area contributed by atoms with Crippen LogP contribution < -0.4 is 5.32 Å². The number of methoxy groups -OCH3 is 1. The Labute approximate surface area is 100 Å². The Hall–Kier alpha value is -0.380. The van der Waals surface area contributed by atoms with E-state index in [9.17, 15) is 0 Å². The van der Waals surface area contributed by atoms with Gasteiger partial charge in [-0.1, -0.05) is 34.1 Å². The van der Waals surface area contributed by atoms with Crippen LogP contribution in [0.2, 0.25) is 0 Å². The summed E-state index contributed by atoms with van der Waals surface area (Å²) in [6.07, 6.45) is 2.16. The van der Waals surface area contributed by atoms with Gasteiger partial charge in [-0.05, 0) is 31.5 Å². The van der Waals surface area contributed by atoms with Gasteiger partial charge in [-0.2, -0.15) is 0 Å². The van der Waals surface area contributed by atoms with Gasteiger partial charge in [0.25, 0.3) is 0 Å². The largest absolute Gasteiger partial charge is 0.383 e. The fourth-order valence-corrected chi connectivity index (χ4v) is 2.03. The first-order valence-electron chi connectivity index (χ1n) is 5.17. The molecule has 1 unspecified atom stereocenters. The lowest BCUT2D eigenvalue weighted by Gasteiger charge is -2.15. The summed E-state index contributed by atoms with van der Waals surface area (Å²) in [7, 11) is 3.71. The minimum Gasteiger partial charge on any atom is -0.383 e. The van der Waals surface area contributed by atoms with Gasteiger partial charge in [0.05, 0.1) is 6.61 Å². The maximum atomic E-state index is 5.14. The molecule has 3 heteroatoms. The van der Waals surface area contributed by atoms with Gasteiger partial charge in [0, 0.05) is 17.6 Å². The summed E-state index contributed by atoms with van der Waals surface area (Å²) in [6, 6.07) is 8.79. The first-order chi connectivity index (χ1) is 7.27. The van der Waals surface area contributed by atoms with Crippen LogP contribution in [0.3, 0.4) is 0 Å². The number of nitrogens with one attached hydrogen (secondary N) is 1. The predicted molar refractivity (Wildman–Crippen MR) is 67.2 cm³/mol. The Morgan fingerprint density at radius 2 is 2.13 bits per heavy atom. The molecule has 1 aromatic carbocycles. The normalized spacial score (nSPS) is 12.7. The Morgan fingerprint density at radius 3 is 2.73 bits per heavy atom. The van der Waals surface area contributed by atoms with Crippen molar-refractivity contribution in [3.8, 4) is 0 Å². The molecule has 0 heterocycles. The molecule has 1 atom stereocenters. The molecule has 15 heavy (non-hydrogen) atoms. The number of halogens is 1. The smallest absolute Gasteiger partial charge is 0.0615 e. The summed E-state index contributed by atoms with van der Waals surface area (Å²) < 4.78 is 6.33.